The molecule has 0 saturated heterocycles. The Kier molecular flexibility index (Phi) is 13.4. The third-order valence-electron chi connectivity index (χ3n) is 8.88. The van der Waals surface area contributed by atoms with Gasteiger partial charge in [0.05, 0.1) is 34.4 Å². The van der Waals surface area contributed by atoms with E-state index in [1.807, 2.05) is 97.1 Å². The topological polar surface area (TPSA) is 218 Å². The number of benzene rings is 5. The van der Waals surface area contributed by atoms with Crippen molar-refractivity contribution in [2.75, 3.05) is 0 Å². The Hall–Kier alpha value is -6.51. The molecule has 0 fully saturated rings. The van der Waals surface area contributed by atoms with E-state index >= 15 is 0 Å². The first-order valence-electron chi connectivity index (χ1n) is 17.1. The van der Waals surface area contributed by atoms with Crippen molar-refractivity contribution in [3.8, 4) is 45.6 Å². The van der Waals surface area contributed by atoms with Gasteiger partial charge in [-0.25, -0.2) is 24.4 Å². The van der Waals surface area contributed by atoms with Gasteiger partial charge in [-0.1, -0.05) is 117 Å². The van der Waals surface area contributed by atoms with Crippen molar-refractivity contribution in [3.63, 3.8) is 0 Å². The number of hydrogen-bond acceptors (Lipinski definition) is 10. The zero-order chi connectivity index (χ0) is 40.3. The number of urea groups is 1. The number of halogens is 2. The van der Waals surface area contributed by atoms with Crippen molar-refractivity contribution in [1.29, 1.82) is 0 Å². The Morgan fingerprint density at radius 1 is 0.467 bits per heavy atom. The molecule has 0 aliphatic carbocycles. The number of hydrogen-bond donors (Lipinski definition) is 2. The summed E-state index contributed by atoms with van der Waals surface area (Å²) in [5.74, 6) is 1.11. The van der Waals surface area contributed by atoms with Crippen LogP contribution in [-0.2, 0) is 34.9 Å². The van der Waals surface area contributed by atoms with E-state index in [1.54, 1.807) is 24.3 Å². The Balaban J connectivity index is 0.000000254. The largest absolute Gasteiger partial charge is 2.00 e. The van der Waals surface area contributed by atoms with Crippen LogP contribution in [0.4, 0.5) is 4.79 Å². The maximum atomic E-state index is 10.8. The second kappa shape index (κ2) is 18.6. The molecule has 60 heavy (non-hydrogen) atoms. The summed E-state index contributed by atoms with van der Waals surface area (Å²) in [6, 6.07) is 37.5. The number of primary amides is 2. The van der Waals surface area contributed by atoms with E-state index < -0.39 is 18.0 Å². The molecule has 3 aromatic heterocycles. The third kappa shape index (κ3) is 8.47. The molecule has 5 aromatic carbocycles. The number of nitrogens with two attached hydrogens (primary N) is 2. The molecule has 2 amide bonds. The number of esters is 2. The fourth-order valence-corrected chi connectivity index (χ4v) is 6.49. The number of carbonyl (C=O) groups is 3. The Morgan fingerprint density at radius 2 is 0.683 bits per heavy atom. The van der Waals surface area contributed by atoms with E-state index in [9.17, 15) is 9.59 Å². The van der Waals surface area contributed by atoms with Gasteiger partial charge in [0.25, 0.3) is 0 Å². The van der Waals surface area contributed by atoms with E-state index in [1.165, 1.54) is 0 Å². The second-order valence-electron chi connectivity index (χ2n) is 12.3. The molecular weight excluding hydrogens is 889 g/mol. The SMILES string of the molecule is C.NC(N)=O.O=C1OC(=O)c2ccccc21.[Cl][Mn][Cl].[Mn+2].c1ccc2c(c1)-c1nc-2nc2[n-]c(nc3nc(nc4[n-]c(n1)c1ccccc41)-c1ccccc1-3)c1ccccc21. The van der Waals surface area contributed by atoms with E-state index in [0.717, 1.165) is 43.8 Å². The standard InChI is InChI=1S/C32H16N8.C8H4O3.CH4N2O.CH4.2ClH.2Mn/c1-2-10-18-17(9-1)25-33-26(18)38-28-21-13-5-6-14-22(21)30(35-28)40-32-24-16-8-7-15-23(24)31(36-32)39-29-20-12-4-3-11-19(20)27(34-29)37-25;9-7-5-3-1-2-4-6(5)8(10)11-7;2-1(3)4;;;;;/h1-16H;1-4H;(H4,2,3,4);1H4;2*1H;;/q-2;;;;;;2*+2/p-2. The molecule has 18 heteroatoms. The van der Waals surface area contributed by atoms with Gasteiger partial charge in [-0.2, -0.15) is 0 Å². The Morgan fingerprint density at radius 3 is 0.933 bits per heavy atom. The second-order valence-corrected chi connectivity index (χ2v) is 14.3. The van der Waals surface area contributed by atoms with Gasteiger partial charge in [0.2, 0.25) is 0 Å². The van der Waals surface area contributed by atoms with Crippen molar-refractivity contribution in [3.05, 3.63) is 132 Å². The van der Waals surface area contributed by atoms with Gasteiger partial charge in [-0.3, -0.25) is 0 Å². The predicted octanol–water partition coefficient (Wildman–Crippen LogP) is 8.16. The van der Waals surface area contributed by atoms with E-state index in [0.29, 0.717) is 57.0 Å². The van der Waals surface area contributed by atoms with E-state index in [-0.39, 0.29) is 37.6 Å². The summed E-state index contributed by atoms with van der Waals surface area (Å²) in [4.78, 5) is 69.9. The molecule has 3 aliphatic heterocycles. The fourth-order valence-electron chi connectivity index (χ4n) is 6.49. The first-order chi connectivity index (χ1) is 28.2. The van der Waals surface area contributed by atoms with Crippen LogP contribution in [0.15, 0.2) is 121 Å². The molecule has 0 saturated carbocycles. The van der Waals surface area contributed by atoms with Gasteiger partial charge >= 0.3 is 68.4 Å². The Bertz CT molecular complexity index is 2770. The minimum Gasteiger partial charge on any atom is -0.357 e. The van der Waals surface area contributed by atoms with Gasteiger partial charge in [0.15, 0.2) is 0 Å². The summed E-state index contributed by atoms with van der Waals surface area (Å²) >= 11 is 0.00694. The molecular formula is C42H28Cl2Mn2N10O4. The first-order valence-corrected chi connectivity index (χ1v) is 20.3. The van der Waals surface area contributed by atoms with Crippen LogP contribution >= 0.6 is 20.2 Å². The summed E-state index contributed by atoms with van der Waals surface area (Å²) in [6.45, 7) is 0. The maximum absolute atomic E-state index is 10.8. The van der Waals surface area contributed by atoms with Crippen molar-refractivity contribution < 1.29 is 49.3 Å². The number of aromatic nitrogens is 8. The summed E-state index contributed by atoms with van der Waals surface area (Å²) in [7, 11) is 9.59. The van der Waals surface area contributed by atoms with Gasteiger partial charge < -0.3 is 46.1 Å². The minimum atomic E-state index is -0.833. The van der Waals surface area contributed by atoms with Crippen molar-refractivity contribution in [2.24, 2.45) is 11.5 Å². The van der Waals surface area contributed by atoms with Gasteiger partial charge in [-0.15, -0.1) is 0 Å². The molecule has 3 aliphatic rings. The van der Waals surface area contributed by atoms with Crippen molar-refractivity contribution in [1.82, 2.24) is 39.9 Å². The summed E-state index contributed by atoms with van der Waals surface area (Å²) < 4.78 is 4.35. The van der Waals surface area contributed by atoms with Gasteiger partial charge in [-0.05, 0) is 33.7 Å². The monoisotopic (exact) mass is 916 g/mol. The van der Waals surface area contributed by atoms with Crippen LogP contribution in [0.1, 0.15) is 28.1 Å². The molecule has 0 unspecified atom stereocenters. The first kappa shape index (κ1) is 43.1. The quantitative estimate of drug-likeness (QED) is 0.0837. The van der Waals surface area contributed by atoms with Crippen molar-refractivity contribution >= 4 is 82.3 Å². The van der Waals surface area contributed by atoms with Crippen LogP contribution in [0.2, 0.25) is 0 Å². The molecule has 1 radical (unpaired) electrons. The third-order valence-corrected chi connectivity index (χ3v) is 8.88. The number of fused-ring (bicyclic) bond motifs is 21. The number of rotatable bonds is 0. The van der Waals surface area contributed by atoms with Crippen LogP contribution < -0.4 is 21.4 Å². The number of nitrogens with zero attached hydrogens (tertiary/aromatic N) is 8. The zero-order valence-electron chi connectivity index (χ0n) is 29.9. The van der Waals surface area contributed by atoms with Crippen LogP contribution in [0.5, 0.6) is 0 Å². The Labute approximate surface area is 366 Å². The zero-order valence-corrected chi connectivity index (χ0v) is 33.8. The molecule has 6 heterocycles. The average Bonchev–Trinajstić information content (AvgIpc) is 4.02. The van der Waals surface area contributed by atoms with Crippen molar-refractivity contribution in [2.45, 2.75) is 7.43 Å². The van der Waals surface area contributed by atoms with Gasteiger partial charge in [0, 0.05) is 44.8 Å². The number of cyclic esters (lactones) is 2. The number of ether oxygens (including phenoxy) is 1. The maximum Gasteiger partial charge on any atom is 2.00 e. The molecule has 11 rings (SSSR count). The van der Waals surface area contributed by atoms with E-state index in [2.05, 4.69) is 16.2 Å². The minimum absolute atomic E-state index is 0. The molecule has 14 nitrogen and oxygen atoms in total. The molecule has 8 aromatic rings. The molecule has 4 N–H and O–H groups in total. The van der Waals surface area contributed by atoms with Crippen LogP contribution in [0.25, 0.3) is 89.7 Å². The fraction of sp³-hybridized carbons (Fsp3) is 0.0238. The average molecular weight is 918 g/mol. The van der Waals surface area contributed by atoms with Crippen LogP contribution in [0.3, 0.4) is 0 Å². The summed E-state index contributed by atoms with van der Waals surface area (Å²) in [5.41, 5.74) is 15.0. The van der Waals surface area contributed by atoms with Gasteiger partial charge in [0.1, 0.15) is 0 Å². The molecule has 0 atom stereocenters. The predicted molar refractivity (Wildman–Crippen MR) is 222 cm³/mol. The van der Waals surface area contributed by atoms with E-state index in [4.69, 9.17) is 64.9 Å². The summed E-state index contributed by atoms with van der Waals surface area (Å²) in [6.07, 6.45) is 0. The van der Waals surface area contributed by atoms with Crippen LogP contribution in [0, 0.1) is 0 Å². The summed E-state index contributed by atoms with van der Waals surface area (Å²) in [5, 5.41) is 3.57. The van der Waals surface area contributed by atoms with Crippen LogP contribution in [-0.4, -0.2) is 47.9 Å². The molecule has 298 valence electrons. The molecule has 8 bridgehead atoms. The normalized spacial score (nSPS) is 11.4. The smallest absolute Gasteiger partial charge is 0.357 e. The number of carbonyl (C=O) groups excluding carboxylic acids is 3. The molecule has 0 spiro atoms. The number of amides is 2.